The third-order valence-electron chi connectivity index (χ3n) is 1.78. The summed E-state index contributed by atoms with van der Waals surface area (Å²) in [5.74, 6) is 2.01. The normalized spacial score (nSPS) is 13.9. The SMILES string of the molecule is CN=C(NCCSC)NCC(C)SC. The molecule has 0 rings (SSSR count). The zero-order valence-electron chi connectivity index (χ0n) is 9.46. The second kappa shape index (κ2) is 9.52. The molecule has 0 fully saturated rings. The van der Waals surface area contributed by atoms with Gasteiger partial charge in [-0.2, -0.15) is 23.5 Å². The molecule has 14 heavy (non-hydrogen) atoms. The summed E-state index contributed by atoms with van der Waals surface area (Å²) in [6.45, 7) is 4.13. The van der Waals surface area contributed by atoms with Crippen molar-refractivity contribution in [2.24, 2.45) is 4.99 Å². The van der Waals surface area contributed by atoms with Crippen molar-refractivity contribution in [3.05, 3.63) is 0 Å². The van der Waals surface area contributed by atoms with Gasteiger partial charge in [0.15, 0.2) is 5.96 Å². The molecule has 0 aliphatic heterocycles. The highest BCUT2D eigenvalue weighted by Gasteiger charge is 2.00. The highest BCUT2D eigenvalue weighted by Crippen LogP contribution is 2.01. The Labute approximate surface area is 95.9 Å². The van der Waals surface area contributed by atoms with Gasteiger partial charge in [-0.3, -0.25) is 4.99 Å². The Balaban J connectivity index is 3.59. The largest absolute Gasteiger partial charge is 0.356 e. The van der Waals surface area contributed by atoms with Gasteiger partial charge in [0.05, 0.1) is 0 Å². The number of nitrogens with one attached hydrogen (secondary N) is 2. The predicted molar refractivity (Wildman–Crippen MR) is 70.7 cm³/mol. The number of guanidine groups is 1. The summed E-state index contributed by atoms with van der Waals surface area (Å²) in [4.78, 5) is 4.14. The van der Waals surface area contributed by atoms with Crippen molar-refractivity contribution in [1.29, 1.82) is 0 Å². The van der Waals surface area contributed by atoms with Gasteiger partial charge >= 0.3 is 0 Å². The molecule has 0 aliphatic rings. The molecule has 0 amide bonds. The van der Waals surface area contributed by atoms with Gasteiger partial charge in [0.1, 0.15) is 0 Å². The topological polar surface area (TPSA) is 36.4 Å². The molecule has 0 aliphatic carbocycles. The van der Waals surface area contributed by atoms with E-state index in [1.54, 1.807) is 7.05 Å². The first-order valence-electron chi connectivity index (χ1n) is 4.70. The lowest BCUT2D eigenvalue weighted by molar-refractivity contribution is 0.807. The van der Waals surface area contributed by atoms with E-state index in [9.17, 15) is 0 Å². The van der Waals surface area contributed by atoms with E-state index < -0.39 is 0 Å². The van der Waals surface area contributed by atoms with Gasteiger partial charge in [-0.1, -0.05) is 6.92 Å². The zero-order chi connectivity index (χ0) is 10.8. The molecule has 0 aromatic carbocycles. The number of thioether (sulfide) groups is 2. The van der Waals surface area contributed by atoms with Gasteiger partial charge in [0, 0.05) is 31.1 Å². The number of hydrogen-bond donors (Lipinski definition) is 2. The number of aliphatic imine (C=N–C) groups is 1. The Morgan fingerprint density at radius 2 is 2.07 bits per heavy atom. The van der Waals surface area contributed by atoms with Crippen molar-refractivity contribution >= 4 is 29.5 Å². The summed E-state index contributed by atoms with van der Waals surface area (Å²) in [7, 11) is 1.80. The molecule has 0 aromatic rings. The van der Waals surface area contributed by atoms with Crippen LogP contribution < -0.4 is 10.6 Å². The first-order chi connectivity index (χ1) is 6.74. The number of hydrogen-bond acceptors (Lipinski definition) is 3. The molecular weight excluding hydrogens is 214 g/mol. The van der Waals surface area contributed by atoms with E-state index >= 15 is 0 Å². The quantitative estimate of drug-likeness (QED) is 0.413. The molecule has 0 bridgehead atoms. The molecule has 3 nitrogen and oxygen atoms in total. The Bertz CT molecular complexity index is 162. The van der Waals surface area contributed by atoms with Crippen molar-refractivity contribution < 1.29 is 0 Å². The summed E-state index contributed by atoms with van der Waals surface area (Å²) in [6, 6.07) is 0. The van der Waals surface area contributed by atoms with Gasteiger partial charge < -0.3 is 10.6 Å². The third-order valence-corrected chi connectivity index (χ3v) is 3.37. The molecule has 0 saturated heterocycles. The molecule has 0 heterocycles. The Morgan fingerprint density at radius 1 is 1.36 bits per heavy atom. The van der Waals surface area contributed by atoms with Crippen LogP contribution in [-0.2, 0) is 0 Å². The van der Waals surface area contributed by atoms with Crippen molar-refractivity contribution in [1.82, 2.24) is 10.6 Å². The molecule has 1 atom stereocenters. The van der Waals surface area contributed by atoms with E-state index in [0.717, 1.165) is 24.8 Å². The van der Waals surface area contributed by atoms with Gasteiger partial charge in [0.25, 0.3) is 0 Å². The smallest absolute Gasteiger partial charge is 0.191 e. The van der Waals surface area contributed by atoms with Crippen molar-refractivity contribution in [2.45, 2.75) is 12.2 Å². The average Bonchev–Trinajstić information content (AvgIpc) is 2.22. The molecule has 5 heteroatoms. The summed E-state index contributed by atoms with van der Waals surface area (Å²) < 4.78 is 0. The summed E-state index contributed by atoms with van der Waals surface area (Å²) in [5, 5.41) is 7.17. The van der Waals surface area contributed by atoms with Crippen LogP contribution in [0.15, 0.2) is 4.99 Å². The van der Waals surface area contributed by atoms with Gasteiger partial charge in [0.2, 0.25) is 0 Å². The Kier molecular flexibility index (Phi) is 9.50. The maximum atomic E-state index is 4.14. The third kappa shape index (κ3) is 7.38. The fourth-order valence-electron chi connectivity index (χ4n) is 0.816. The minimum Gasteiger partial charge on any atom is -0.356 e. The lowest BCUT2D eigenvalue weighted by Gasteiger charge is -2.14. The van der Waals surface area contributed by atoms with Gasteiger partial charge in [-0.25, -0.2) is 0 Å². The molecule has 0 aromatic heterocycles. The number of rotatable bonds is 6. The van der Waals surface area contributed by atoms with Crippen molar-refractivity contribution in [2.75, 3.05) is 38.4 Å². The van der Waals surface area contributed by atoms with Crippen LogP contribution in [-0.4, -0.2) is 49.6 Å². The van der Waals surface area contributed by atoms with Crippen LogP contribution in [0.3, 0.4) is 0 Å². The van der Waals surface area contributed by atoms with Crippen LogP contribution in [0.4, 0.5) is 0 Å². The van der Waals surface area contributed by atoms with Crippen molar-refractivity contribution in [3.8, 4) is 0 Å². The van der Waals surface area contributed by atoms with Gasteiger partial charge in [-0.05, 0) is 12.5 Å². The van der Waals surface area contributed by atoms with E-state index in [-0.39, 0.29) is 0 Å². The molecule has 84 valence electrons. The molecule has 2 N–H and O–H groups in total. The standard InChI is InChI=1S/C9H21N3S2/c1-8(14-4)7-12-9(10-2)11-5-6-13-3/h8H,5-7H2,1-4H3,(H2,10,11,12). The highest BCUT2D eigenvalue weighted by atomic mass is 32.2. The highest BCUT2D eigenvalue weighted by molar-refractivity contribution is 7.99. The minimum absolute atomic E-state index is 0.620. The van der Waals surface area contributed by atoms with Gasteiger partial charge in [-0.15, -0.1) is 0 Å². The first-order valence-corrected chi connectivity index (χ1v) is 7.39. The lowest BCUT2D eigenvalue weighted by Crippen LogP contribution is -2.40. The average molecular weight is 235 g/mol. The molecule has 0 radical (unpaired) electrons. The maximum Gasteiger partial charge on any atom is 0.191 e. The van der Waals surface area contributed by atoms with Crippen LogP contribution in [0.25, 0.3) is 0 Å². The van der Waals surface area contributed by atoms with Crippen LogP contribution in [0.2, 0.25) is 0 Å². The number of nitrogens with zero attached hydrogens (tertiary/aromatic N) is 1. The van der Waals surface area contributed by atoms with E-state index in [1.807, 2.05) is 23.5 Å². The van der Waals surface area contributed by atoms with Crippen LogP contribution in [0.5, 0.6) is 0 Å². The van der Waals surface area contributed by atoms with E-state index in [2.05, 4.69) is 35.1 Å². The monoisotopic (exact) mass is 235 g/mol. The fourth-order valence-corrected chi connectivity index (χ4v) is 1.37. The van der Waals surface area contributed by atoms with E-state index in [1.165, 1.54) is 0 Å². The van der Waals surface area contributed by atoms with Crippen LogP contribution >= 0.6 is 23.5 Å². The maximum absolute atomic E-state index is 4.14. The summed E-state index contributed by atoms with van der Waals surface area (Å²) >= 11 is 3.69. The Morgan fingerprint density at radius 3 is 2.57 bits per heavy atom. The second-order valence-electron chi connectivity index (χ2n) is 2.92. The first kappa shape index (κ1) is 14.0. The fraction of sp³-hybridized carbons (Fsp3) is 0.889. The Hall–Kier alpha value is -0.0300. The van der Waals surface area contributed by atoms with Crippen LogP contribution in [0, 0.1) is 0 Å². The summed E-state index contributed by atoms with van der Waals surface area (Å²) in [5.41, 5.74) is 0. The molecular formula is C9H21N3S2. The van der Waals surface area contributed by atoms with Crippen LogP contribution in [0.1, 0.15) is 6.92 Å². The second-order valence-corrected chi connectivity index (χ2v) is 5.18. The summed E-state index contributed by atoms with van der Waals surface area (Å²) in [6.07, 6.45) is 4.23. The molecule has 0 saturated carbocycles. The zero-order valence-corrected chi connectivity index (χ0v) is 11.1. The lowest BCUT2D eigenvalue weighted by atomic mass is 10.5. The van der Waals surface area contributed by atoms with E-state index in [4.69, 9.17) is 0 Å². The predicted octanol–water partition coefficient (Wildman–Crippen LogP) is 1.27. The molecule has 1 unspecified atom stereocenters. The molecule has 0 spiro atoms. The van der Waals surface area contributed by atoms with Crippen molar-refractivity contribution in [3.63, 3.8) is 0 Å². The minimum atomic E-state index is 0.620. The van der Waals surface area contributed by atoms with E-state index in [0.29, 0.717) is 5.25 Å².